The van der Waals surface area contributed by atoms with Crippen LogP contribution in [0.2, 0.25) is 5.02 Å². The van der Waals surface area contributed by atoms with Crippen molar-refractivity contribution < 1.29 is 14.3 Å². The third-order valence-electron chi connectivity index (χ3n) is 2.70. The van der Waals surface area contributed by atoms with Gasteiger partial charge < -0.3 is 9.64 Å². The molecule has 0 unspecified atom stereocenters. The highest BCUT2D eigenvalue weighted by molar-refractivity contribution is 6.40. The van der Waals surface area contributed by atoms with Gasteiger partial charge in [0.2, 0.25) is 0 Å². The molecule has 1 aromatic rings. The molecule has 1 heterocycles. The minimum atomic E-state index is -0.526. The lowest BCUT2D eigenvalue weighted by Crippen LogP contribution is -2.21. The highest BCUT2D eigenvalue weighted by atomic mass is 35.5. The van der Waals surface area contributed by atoms with Crippen LogP contribution in [0.3, 0.4) is 0 Å². The monoisotopic (exact) mass is 265 g/mol. The lowest BCUT2D eigenvalue weighted by molar-refractivity contribution is -0.137. The summed E-state index contributed by atoms with van der Waals surface area (Å²) in [6.07, 6.45) is 1.21. The number of hydrogen-bond acceptors (Lipinski definition) is 3. The van der Waals surface area contributed by atoms with Crippen LogP contribution in [-0.2, 0) is 14.3 Å². The van der Waals surface area contributed by atoms with E-state index in [1.807, 2.05) is 0 Å². The van der Waals surface area contributed by atoms with E-state index in [2.05, 4.69) is 0 Å². The molecule has 2 rings (SSSR count). The Bertz CT molecular complexity index is 551. The Morgan fingerprint density at radius 3 is 2.89 bits per heavy atom. The summed E-state index contributed by atoms with van der Waals surface area (Å²) >= 11 is 6.06. The van der Waals surface area contributed by atoms with Crippen LogP contribution in [0, 0.1) is 0 Å². The van der Waals surface area contributed by atoms with Gasteiger partial charge in [-0.25, -0.2) is 4.79 Å². The summed E-state index contributed by atoms with van der Waals surface area (Å²) in [5, 5.41) is 0.482. The molecule has 4 nitrogen and oxygen atoms in total. The van der Waals surface area contributed by atoms with E-state index < -0.39 is 5.97 Å². The van der Waals surface area contributed by atoms with Gasteiger partial charge in [0.25, 0.3) is 5.91 Å². The van der Waals surface area contributed by atoms with E-state index in [4.69, 9.17) is 16.3 Å². The molecule has 5 heteroatoms. The lowest BCUT2D eigenvalue weighted by atomic mass is 10.1. The second-order valence-corrected chi connectivity index (χ2v) is 4.22. The van der Waals surface area contributed by atoms with Crippen molar-refractivity contribution in [2.24, 2.45) is 0 Å². The lowest BCUT2D eigenvalue weighted by Gasteiger charge is -2.10. The minimum absolute atomic E-state index is 0.258. The highest BCUT2D eigenvalue weighted by Crippen LogP contribution is 2.40. The third-order valence-corrected chi connectivity index (χ3v) is 3.00. The van der Waals surface area contributed by atoms with Crippen molar-refractivity contribution in [3.63, 3.8) is 0 Å². The van der Waals surface area contributed by atoms with Gasteiger partial charge in [-0.15, -0.1) is 0 Å². The second-order valence-electron chi connectivity index (χ2n) is 3.81. The zero-order valence-electron chi connectivity index (χ0n) is 10.1. The Kier molecular flexibility index (Phi) is 3.39. The molecular weight excluding hydrogens is 254 g/mol. The number of carbonyl (C=O) groups is 2. The molecule has 0 fully saturated rings. The van der Waals surface area contributed by atoms with Gasteiger partial charge in [0, 0.05) is 18.7 Å². The number of para-hydroxylation sites is 1. The van der Waals surface area contributed by atoms with Crippen LogP contribution in [0.25, 0.3) is 5.57 Å². The fraction of sp³-hybridized carbons (Fsp3) is 0.231. The van der Waals surface area contributed by atoms with Crippen LogP contribution < -0.4 is 4.90 Å². The number of anilines is 1. The normalized spacial score (nSPS) is 16.1. The van der Waals surface area contributed by atoms with Crippen molar-refractivity contribution in [1.29, 1.82) is 0 Å². The van der Waals surface area contributed by atoms with Crippen LogP contribution >= 0.6 is 11.6 Å². The first kappa shape index (κ1) is 12.6. The predicted molar refractivity (Wildman–Crippen MR) is 69.5 cm³/mol. The van der Waals surface area contributed by atoms with E-state index in [1.54, 1.807) is 32.2 Å². The number of nitrogens with zero attached hydrogens (tertiary/aromatic N) is 1. The van der Waals surface area contributed by atoms with Gasteiger partial charge in [-0.05, 0) is 13.0 Å². The summed E-state index contributed by atoms with van der Waals surface area (Å²) in [4.78, 5) is 24.9. The third kappa shape index (κ3) is 1.99. The molecule has 1 aromatic carbocycles. The van der Waals surface area contributed by atoms with Crippen molar-refractivity contribution in [3.8, 4) is 0 Å². The molecule has 1 amide bonds. The summed E-state index contributed by atoms with van der Waals surface area (Å²) in [5.74, 6) is -0.784. The van der Waals surface area contributed by atoms with Crippen LogP contribution in [0.15, 0.2) is 24.3 Å². The van der Waals surface area contributed by atoms with Gasteiger partial charge in [0.1, 0.15) is 0 Å². The summed E-state index contributed by atoms with van der Waals surface area (Å²) in [6, 6.07) is 5.21. The number of ether oxygens (including phenoxy) is 1. The molecule has 0 spiro atoms. The summed E-state index contributed by atoms with van der Waals surface area (Å²) in [7, 11) is 1.62. The zero-order valence-corrected chi connectivity index (χ0v) is 10.8. The molecule has 94 valence electrons. The van der Waals surface area contributed by atoms with E-state index in [0.29, 0.717) is 21.8 Å². The number of amides is 1. The Hall–Kier alpha value is -1.81. The number of carbonyl (C=O) groups excluding carboxylic acids is 2. The fourth-order valence-corrected chi connectivity index (χ4v) is 2.21. The molecule has 0 saturated carbocycles. The first-order valence-corrected chi connectivity index (χ1v) is 5.89. The van der Waals surface area contributed by atoms with E-state index >= 15 is 0 Å². The second kappa shape index (κ2) is 4.82. The van der Waals surface area contributed by atoms with Crippen molar-refractivity contribution >= 4 is 34.7 Å². The largest absolute Gasteiger partial charge is 0.463 e. The number of fused-ring (bicyclic) bond motifs is 1. The van der Waals surface area contributed by atoms with Crippen LogP contribution in [0.4, 0.5) is 5.69 Å². The van der Waals surface area contributed by atoms with Crippen molar-refractivity contribution in [1.82, 2.24) is 0 Å². The van der Waals surface area contributed by atoms with E-state index in [9.17, 15) is 9.59 Å². The van der Waals surface area contributed by atoms with E-state index in [1.165, 1.54) is 11.0 Å². The molecular formula is C13H12ClNO3. The molecule has 0 radical (unpaired) electrons. The molecule has 0 aliphatic carbocycles. The van der Waals surface area contributed by atoms with Gasteiger partial charge in [0.05, 0.1) is 22.9 Å². The zero-order chi connectivity index (χ0) is 13.3. The number of likely N-dealkylation sites (N-methyl/N-ethyl adjacent to an activating group) is 1. The standard InChI is InChI=1S/C13H12ClNO3/c1-3-18-11(16)7-9-8-5-4-6-10(14)12(8)15(2)13(9)17/h4-7H,3H2,1-2H3/b9-7+. The van der Waals surface area contributed by atoms with Gasteiger partial charge in [0.15, 0.2) is 0 Å². The van der Waals surface area contributed by atoms with Crippen molar-refractivity contribution in [2.75, 3.05) is 18.6 Å². The topological polar surface area (TPSA) is 46.6 Å². The molecule has 18 heavy (non-hydrogen) atoms. The maximum Gasteiger partial charge on any atom is 0.331 e. The average molecular weight is 266 g/mol. The molecule has 0 saturated heterocycles. The average Bonchev–Trinajstić information content (AvgIpc) is 2.56. The van der Waals surface area contributed by atoms with Gasteiger partial charge in [-0.2, -0.15) is 0 Å². The van der Waals surface area contributed by atoms with Gasteiger partial charge in [-0.1, -0.05) is 23.7 Å². The predicted octanol–water partition coefficient (Wildman–Crippen LogP) is 2.26. The molecule has 1 aliphatic rings. The summed E-state index contributed by atoms with van der Waals surface area (Å²) < 4.78 is 4.81. The minimum Gasteiger partial charge on any atom is -0.463 e. The molecule has 0 atom stereocenters. The van der Waals surface area contributed by atoms with Crippen molar-refractivity contribution in [3.05, 3.63) is 34.9 Å². The maximum absolute atomic E-state index is 12.0. The highest BCUT2D eigenvalue weighted by Gasteiger charge is 2.32. The Labute approximate surface area is 110 Å². The quantitative estimate of drug-likeness (QED) is 0.609. The smallest absolute Gasteiger partial charge is 0.331 e. The Balaban J connectivity index is 2.50. The maximum atomic E-state index is 12.0. The van der Waals surface area contributed by atoms with Crippen LogP contribution in [0.1, 0.15) is 12.5 Å². The van der Waals surface area contributed by atoms with Crippen LogP contribution in [0.5, 0.6) is 0 Å². The molecule has 0 N–H and O–H groups in total. The van der Waals surface area contributed by atoms with Gasteiger partial charge in [-0.3, -0.25) is 4.79 Å². The number of hydrogen-bond donors (Lipinski definition) is 0. The molecule has 0 bridgehead atoms. The first-order valence-electron chi connectivity index (χ1n) is 5.51. The molecule has 0 aromatic heterocycles. The first-order chi connectivity index (χ1) is 8.56. The number of halogens is 1. The number of rotatable bonds is 2. The summed E-state index contributed by atoms with van der Waals surface area (Å²) in [5.41, 5.74) is 1.59. The number of esters is 1. The van der Waals surface area contributed by atoms with Crippen LogP contribution in [-0.4, -0.2) is 25.5 Å². The summed E-state index contributed by atoms with van der Waals surface area (Å²) in [6.45, 7) is 1.98. The number of benzene rings is 1. The van der Waals surface area contributed by atoms with E-state index in [0.717, 1.165) is 0 Å². The van der Waals surface area contributed by atoms with Gasteiger partial charge >= 0.3 is 5.97 Å². The van der Waals surface area contributed by atoms with E-state index in [-0.39, 0.29) is 12.5 Å². The van der Waals surface area contributed by atoms with Crippen molar-refractivity contribution in [2.45, 2.75) is 6.92 Å². The fourth-order valence-electron chi connectivity index (χ4n) is 1.91. The molecule has 1 aliphatic heterocycles. The Morgan fingerprint density at radius 1 is 1.50 bits per heavy atom. The Morgan fingerprint density at radius 2 is 2.22 bits per heavy atom. The SMILES string of the molecule is CCOC(=O)/C=C1/C(=O)N(C)c2c(Cl)cccc21.